The number of carbonyl (C=O) groups is 2. The van der Waals surface area contributed by atoms with E-state index in [4.69, 9.17) is 4.74 Å². The van der Waals surface area contributed by atoms with E-state index < -0.39 is 0 Å². The van der Waals surface area contributed by atoms with Gasteiger partial charge in [-0.1, -0.05) is 11.8 Å². The average Bonchev–Trinajstić information content (AvgIpc) is 3.19. The van der Waals surface area contributed by atoms with Crippen molar-refractivity contribution in [3.63, 3.8) is 0 Å². The zero-order chi connectivity index (χ0) is 15.4. The smallest absolute Gasteiger partial charge is 0.313 e. The molecule has 2 rings (SSSR count). The van der Waals surface area contributed by atoms with Crippen LogP contribution in [0.15, 0.2) is 5.16 Å². The van der Waals surface area contributed by atoms with Crippen molar-refractivity contribution in [1.29, 1.82) is 0 Å². The second-order valence-electron chi connectivity index (χ2n) is 4.98. The Morgan fingerprint density at radius 3 is 2.81 bits per heavy atom. The molecule has 1 aliphatic rings. The van der Waals surface area contributed by atoms with E-state index in [1.165, 1.54) is 11.8 Å². The van der Waals surface area contributed by atoms with Gasteiger partial charge < -0.3 is 14.6 Å². The van der Waals surface area contributed by atoms with Crippen LogP contribution < -0.4 is 5.32 Å². The SMILES string of the molecule is CCOC(=O)Cc1nnc(S[C@H](C)C(=O)NC2CC2)n1C. The van der Waals surface area contributed by atoms with Gasteiger partial charge in [-0.2, -0.15) is 0 Å². The van der Waals surface area contributed by atoms with E-state index in [-0.39, 0.29) is 23.5 Å². The standard InChI is InChI=1S/C13H20N4O3S/c1-4-20-11(18)7-10-15-16-13(17(10)3)21-8(2)12(19)14-9-5-6-9/h8-9H,4-7H2,1-3H3,(H,14,19)/t8-/m1/s1. The summed E-state index contributed by atoms with van der Waals surface area (Å²) >= 11 is 1.33. The van der Waals surface area contributed by atoms with Gasteiger partial charge in [-0.05, 0) is 26.7 Å². The number of hydrogen-bond donors (Lipinski definition) is 1. The fraction of sp³-hybridized carbons (Fsp3) is 0.692. The molecule has 0 bridgehead atoms. The lowest BCUT2D eigenvalue weighted by molar-refractivity contribution is -0.142. The molecule has 1 atom stereocenters. The molecule has 116 valence electrons. The number of nitrogens with zero attached hydrogens (tertiary/aromatic N) is 3. The molecule has 21 heavy (non-hydrogen) atoms. The number of aromatic nitrogens is 3. The Hall–Kier alpha value is -1.57. The van der Waals surface area contributed by atoms with Gasteiger partial charge in [-0.25, -0.2) is 0 Å². The fourth-order valence-corrected chi connectivity index (χ4v) is 2.54. The van der Waals surface area contributed by atoms with Gasteiger partial charge in [0.1, 0.15) is 12.2 Å². The van der Waals surface area contributed by atoms with E-state index >= 15 is 0 Å². The molecule has 1 aromatic rings. The Kier molecular flexibility index (Phi) is 5.22. The Labute approximate surface area is 127 Å². The molecule has 1 amide bonds. The Balaban J connectivity index is 1.92. The third-order valence-corrected chi connectivity index (χ3v) is 4.24. The van der Waals surface area contributed by atoms with E-state index in [9.17, 15) is 9.59 Å². The Morgan fingerprint density at radius 2 is 2.19 bits per heavy atom. The summed E-state index contributed by atoms with van der Waals surface area (Å²) < 4.78 is 6.61. The lowest BCUT2D eigenvalue weighted by atomic mass is 10.4. The van der Waals surface area contributed by atoms with Gasteiger partial charge in [0.05, 0.1) is 11.9 Å². The summed E-state index contributed by atoms with van der Waals surface area (Å²) in [5.74, 6) is 0.215. The Bertz CT molecular complexity index is 527. The molecule has 0 aliphatic heterocycles. The fourth-order valence-electron chi connectivity index (χ4n) is 1.70. The third-order valence-electron chi connectivity index (χ3n) is 3.11. The molecule has 1 N–H and O–H groups in total. The van der Waals surface area contributed by atoms with E-state index in [2.05, 4.69) is 15.5 Å². The summed E-state index contributed by atoms with van der Waals surface area (Å²) in [6.45, 7) is 3.94. The number of esters is 1. The van der Waals surface area contributed by atoms with Crippen LogP contribution in [0.25, 0.3) is 0 Å². The van der Waals surface area contributed by atoms with Crippen molar-refractivity contribution in [1.82, 2.24) is 20.1 Å². The van der Waals surface area contributed by atoms with Crippen molar-refractivity contribution in [2.45, 2.75) is 49.6 Å². The number of ether oxygens (including phenoxy) is 1. The van der Waals surface area contributed by atoms with Crippen LogP contribution in [0, 0.1) is 0 Å². The summed E-state index contributed by atoms with van der Waals surface area (Å²) in [6.07, 6.45) is 2.22. The maximum atomic E-state index is 11.9. The lowest BCUT2D eigenvalue weighted by Gasteiger charge is -2.10. The number of nitrogens with one attached hydrogen (secondary N) is 1. The average molecular weight is 312 g/mol. The molecular formula is C13H20N4O3S. The number of thioether (sulfide) groups is 1. The summed E-state index contributed by atoms with van der Waals surface area (Å²) in [5.41, 5.74) is 0. The molecule has 1 aromatic heterocycles. The van der Waals surface area contributed by atoms with Crippen molar-refractivity contribution in [3.05, 3.63) is 5.82 Å². The first-order valence-electron chi connectivity index (χ1n) is 7.02. The molecule has 0 unspecified atom stereocenters. The molecule has 1 heterocycles. The highest BCUT2D eigenvalue weighted by molar-refractivity contribution is 8.00. The van der Waals surface area contributed by atoms with Gasteiger partial charge in [-0.3, -0.25) is 9.59 Å². The second kappa shape index (κ2) is 6.93. The van der Waals surface area contributed by atoms with E-state index in [0.717, 1.165) is 12.8 Å². The molecular weight excluding hydrogens is 292 g/mol. The van der Waals surface area contributed by atoms with Gasteiger partial charge >= 0.3 is 5.97 Å². The van der Waals surface area contributed by atoms with Crippen LogP contribution in [0.1, 0.15) is 32.5 Å². The summed E-state index contributed by atoms with van der Waals surface area (Å²) in [7, 11) is 1.78. The monoisotopic (exact) mass is 312 g/mol. The topological polar surface area (TPSA) is 86.1 Å². The zero-order valence-electron chi connectivity index (χ0n) is 12.5. The third kappa shape index (κ3) is 4.45. The molecule has 0 radical (unpaired) electrons. The highest BCUT2D eigenvalue weighted by Gasteiger charge is 2.27. The van der Waals surface area contributed by atoms with Crippen molar-refractivity contribution < 1.29 is 14.3 Å². The minimum Gasteiger partial charge on any atom is -0.466 e. The second-order valence-corrected chi connectivity index (χ2v) is 6.29. The maximum absolute atomic E-state index is 11.9. The lowest BCUT2D eigenvalue weighted by Crippen LogP contribution is -2.32. The Morgan fingerprint density at radius 1 is 1.48 bits per heavy atom. The van der Waals surface area contributed by atoms with Gasteiger partial charge in [0.25, 0.3) is 0 Å². The minimum atomic E-state index is -0.330. The van der Waals surface area contributed by atoms with E-state index in [1.807, 2.05) is 6.92 Å². The van der Waals surface area contributed by atoms with Gasteiger partial charge in [0, 0.05) is 13.1 Å². The van der Waals surface area contributed by atoms with E-state index in [0.29, 0.717) is 23.6 Å². The highest BCUT2D eigenvalue weighted by atomic mass is 32.2. The summed E-state index contributed by atoms with van der Waals surface area (Å²) in [4.78, 5) is 23.4. The molecule has 1 aliphatic carbocycles. The molecule has 8 heteroatoms. The summed E-state index contributed by atoms with van der Waals surface area (Å²) in [6, 6.07) is 0.347. The maximum Gasteiger partial charge on any atom is 0.313 e. The van der Waals surface area contributed by atoms with Crippen LogP contribution >= 0.6 is 11.8 Å². The molecule has 0 saturated heterocycles. The zero-order valence-corrected chi connectivity index (χ0v) is 13.3. The van der Waals surface area contributed by atoms with Crippen molar-refractivity contribution in [3.8, 4) is 0 Å². The van der Waals surface area contributed by atoms with Crippen LogP contribution in [0.2, 0.25) is 0 Å². The number of amides is 1. The molecule has 7 nitrogen and oxygen atoms in total. The number of rotatable bonds is 7. The first-order valence-corrected chi connectivity index (χ1v) is 7.90. The van der Waals surface area contributed by atoms with Crippen LogP contribution in [0.4, 0.5) is 0 Å². The van der Waals surface area contributed by atoms with Gasteiger partial charge in [-0.15, -0.1) is 10.2 Å². The largest absolute Gasteiger partial charge is 0.466 e. The molecule has 1 saturated carbocycles. The van der Waals surface area contributed by atoms with Crippen LogP contribution in [-0.4, -0.2) is 44.5 Å². The minimum absolute atomic E-state index is 0.0115. The highest BCUT2D eigenvalue weighted by Crippen LogP contribution is 2.24. The molecule has 1 fully saturated rings. The van der Waals surface area contributed by atoms with Crippen molar-refractivity contribution >= 4 is 23.6 Å². The summed E-state index contributed by atoms with van der Waals surface area (Å²) in [5, 5.41) is 11.3. The van der Waals surface area contributed by atoms with Crippen LogP contribution in [-0.2, 0) is 27.8 Å². The van der Waals surface area contributed by atoms with Crippen molar-refractivity contribution in [2.75, 3.05) is 6.61 Å². The van der Waals surface area contributed by atoms with Crippen LogP contribution in [0.3, 0.4) is 0 Å². The normalized spacial score (nSPS) is 15.6. The first-order chi connectivity index (χ1) is 10.0. The number of hydrogen-bond acceptors (Lipinski definition) is 6. The molecule has 0 spiro atoms. The van der Waals surface area contributed by atoms with Gasteiger partial charge in [0.15, 0.2) is 5.16 Å². The van der Waals surface area contributed by atoms with Crippen LogP contribution in [0.5, 0.6) is 0 Å². The predicted molar refractivity (Wildman–Crippen MR) is 77.8 cm³/mol. The van der Waals surface area contributed by atoms with Crippen molar-refractivity contribution in [2.24, 2.45) is 7.05 Å². The number of carbonyl (C=O) groups excluding carboxylic acids is 2. The molecule has 0 aromatic carbocycles. The first kappa shape index (κ1) is 15.8. The quantitative estimate of drug-likeness (QED) is 0.588. The van der Waals surface area contributed by atoms with E-state index in [1.54, 1.807) is 18.5 Å². The van der Waals surface area contributed by atoms with Gasteiger partial charge in [0.2, 0.25) is 5.91 Å². The predicted octanol–water partition coefficient (Wildman–Crippen LogP) is 0.680.